The van der Waals surface area contributed by atoms with E-state index in [0.717, 1.165) is 18.2 Å². The molecule has 4 heteroatoms. The SMILES string of the molecule is COc1ccc(CNC2CCN(C3CC3)C2)cc1O. The van der Waals surface area contributed by atoms with Crippen LogP contribution in [0.4, 0.5) is 0 Å². The molecule has 3 rings (SSSR count). The van der Waals surface area contributed by atoms with E-state index in [1.54, 1.807) is 13.2 Å². The average Bonchev–Trinajstić information content (AvgIpc) is 3.16. The zero-order valence-electron chi connectivity index (χ0n) is 11.4. The third-order valence-electron chi connectivity index (χ3n) is 4.12. The van der Waals surface area contributed by atoms with Crippen molar-refractivity contribution in [1.82, 2.24) is 10.2 Å². The number of phenolic OH excluding ortho intramolecular Hbond substituents is 1. The average molecular weight is 262 g/mol. The molecule has 0 radical (unpaired) electrons. The van der Waals surface area contributed by atoms with E-state index >= 15 is 0 Å². The summed E-state index contributed by atoms with van der Waals surface area (Å²) in [6, 6.07) is 7.05. The van der Waals surface area contributed by atoms with Crippen LogP contribution >= 0.6 is 0 Å². The summed E-state index contributed by atoms with van der Waals surface area (Å²) in [5.41, 5.74) is 1.10. The first-order valence-corrected chi connectivity index (χ1v) is 7.09. The molecular formula is C15H22N2O2. The molecule has 1 saturated carbocycles. The normalized spacial score (nSPS) is 23.7. The fourth-order valence-corrected chi connectivity index (χ4v) is 2.83. The first kappa shape index (κ1) is 12.8. The molecule has 2 N–H and O–H groups in total. The highest BCUT2D eigenvalue weighted by Gasteiger charge is 2.33. The largest absolute Gasteiger partial charge is 0.504 e. The smallest absolute Gasteiger partial charge is 0.160 e. The van der Waals surface area contributed by atoms with Gasteiger partial charge < -0.3 is 15.2 Å². The highest BCUT2D eigenvalue weighted by atomic mass is 16.5. The second kappa shape index (κ2) is 5.39. The Kier molecular flexibility index (Phi) is 3.62. The highest BCUT2D eigenvalue weighted by Crippen LogP contribution is 2.30. The van der Waals surface area contributed by atoms with Gasteiger partial charge in [0.25, 0.3) is 0 Å². The van der Waals surface area contributed by atoms with Crippen LogP contribution in [0.3, 0.4) is 0 Å². The maximum absolute atomic E-state index is 9.75. The molecule has 1 saturated heterocycles. The molecule has 1 aromatic rings. The van der Waals surface area contributed by atoms with Gasteiger partial charge in [0.1, 0.15) is 0 Å². The van der Waals surface area contributed by atoms with Gasteiger partial charge in [0, 0.05) is 31.7 Å². The molecule has 1 unspecified atom stereocenters. The van der Waals surface area contributed by atoms with Crippen molar-refractivity contribution in [2.24, 2.45) is 0 Å². The number of likely N-dealkylation sites (tertiary alicyclic amines) is 1. The van der Waals surface area contributed by atoms with Gasteiger partial charge in [0.2, 0.25) is 0 Å². The van der Waals surface area contributed by atoms with Crippen LogP contribution in [-0.4, -0.2) is 42.3 Å². The first-order valence-electron chi connectivity index (χ1n) is 7.09. The van der Waals surface area contributed by atoms with E-state index in [9.17, 15) is 5.11 Å². The third kappa shape index (κ3) is 3.01. The van der Waals surface area contributed by atoms with Crippen molar-refractivity contribution in [3.8, 4) is 11.5 Å². The number of methoxy groups -OCH3 is 1. The molecule has 0 amide bonds. The maximum atomic E-state index is 9.75. The molecule has 0 bridgehead atoms. The molecule has 2 fully saturated rings. The monoisotopic (exact) mass is 262 g/mol. The molecule has 1 heterocycles. The number of rotatable bonds is 5. The summed E-state index contributed by atoms with van der Waals surface area (Å²) in [6.45, 7) is 3.21. The van der Waals surface area contributed by atoms with Crippen molar-refractivity contribution in [3.63, 3.8) is 0 Å². The Labute approximate surface area is 114 Å². The fraction of sp³-hybridized carbons (Fsp3) is 0.600. The predicted molar refractivity (Wildman–Crippen MR) is 74.5 cm³/mol. The lowest BCUT2D eigenvalue weighted by Gasteiger charge is -2.16. The second-order valence-electron chi connectivity index (χ2n) is 5.60. The summed E-state index contributed by atoms with van der Waals surface area (Å²) >= 11 is 0. The van der Waals surface area contributed by atoms with E-state index in [2.05, 4.69) is 10.2 Å². The Hall–Kier alpha value is -1.26. The Balaban J connectivity index is 1.50. The minimum atomic E-state index is 0.216. The van der Waals surface area contributed by atoms with Crippen LogP contribution in [0.2, 0.25) is 0 Å². The molecule has 4 nitrogen and oxygen atoms in total. The minimum Gasteiger partial charge on any atom is -0.504 e. The van der Waals surface area contributed by atoms with Crippen molar-refractivity contribution in [1.29, 1.82) is 0 Å². The Bertz CT molecular complexity index is 446. The van der Waals surface area contributed by atoms with E-state index in [-0.39, 0.29) is 5.75 Å². The van der Waals surface area contributed by atoms with E-state index in [1.807, 2.05) is 12.1 Å². The third-order valence-corrected chi connectivity index (χ3v) is 4.12. The molecule has 1 aliphatic carbocycles. The van der Waals surface area contributed by atoms with Crippen LogP contribution in [0.1, 0.15) is 24.8 Å². The number of nitrogens with zero attached hydrogens (tertiary/aromatic N) is 1. The number of ether oxygens (including phenoxy) is 1. The molecule has 0 aromatic heterocycles. The van der Waals surface area contributed by atoms with Crippen molar-refractivity contribution in [3.05, 3.63) is 23.8 Å². The lowest BCUT2D eigenvalue weighted by Crippen LogP contribution is -2.32. The molecule has 104 valence electrons. The van der Waals surface area contributed by atoms with Crippen LogP contribution in [-0.2, 0) is 6.54 Å². The number of phenols is 1. The van der Waals surface area contributed by atoms with Crippen LogP contribution in [0.15, 0.2) is 18.2 Å². The minimum absolute atomic E-state index is 0.216. The number of hydrogen-bond donors (Lipinski definition) is 2. The Morgan fingerprint density at radius 2 is 2.21 bits per heavy atom. The van der Waals surface area contributed by atoms with E-state index in [4.69, 9.17) is 4.74 Å². The standard InChI is InChI=1S/C15H22N2O2/c1-19-15-5-2-11(8-14(15)18)9-16-12-6-7-17(10-12)13-3-4-13/h2,5,8,12-13,16,18H,3-4,6-7,9-10H2,1H3. The van der Waals surface area contributed by atoms with Crippen molar-refractivity contribution < 1.29 is 9.84 Å². The van der Waals surface area contributed by atoms with Crippen molar-refractivity contribution >= 4 is 0 Å². The molecule has 1 aromatic carbocycles. The molecule has 2 aliphatic rings. The zero-order chi connectivity index (χ0) is 13.2. The molecule has 1 aliphatic heterocycles. The lowest BCUT2D eigenvalue weighted by atomic mass is 10.2. The molecule has 19 heavy (non-hydrogen) atoms. The van der Waals surface area contributed by atoms with Gasteiger partial charge >= 0.3 is 0 Å². The number of aromatic hydroxyl groups is 1. The summed E-state index contributed by atoms with van der Waals surface area (Å²) in [5.74, 6) is 0.748. The maximum Gasteiger partial charge on any atom is 0.160 e. The number of nitrogens with one attached hydrogen (secondary N) is 1. The number of benzene rings is 1. The lowest BCUT2D eigenvalue weighted by molar-refractivity contribution is 0.317. The quantitative estimate of drug-likeness (QED) is 0.848. The molecule has 1 atom stereocenters. The van der Waals surface area contributed by atoms with Crippen LogP contribution in [0, 0.1) is 0 Å². The fourth-order valence-electron chi connectivity index (χ4n) is 2.83. The summed E-state index contributed by atoms with van der Waals surface area (Å²) in [7, 11) is 1.57. The van der Waals surface area contributed by atoms with Gasteiger partial charge in [-0.05, 0) is 37.0 Å². The Morgan fingerprint density at radius 3 is 2.89 bits per heavy atom. The van der Waals surface area contributed by atoms with Crippen molar-refractivity contribution in [2.45, 2.75) is 37.9 Å². The topological polar surface area (TPSA) is 44.7 Å². The summed E-state index contributed by atoms with van der Waals surface area (Å²) < 4.78 is 5.05. The van der Waals surface area contributed by atoms with Crippen molar-refractivity contribution in [2.75, 3.05) is 20.2 Å². The Morgan fingerprint density at radius 1 is 1.37 bits per heavy atom. The van der Waals surface area contributed by atoms with Gasteiger partial charge in [0.05, 0.1) is 7.11 Å². The van der Waals surface area contributed by atoms with Gasteiger partial charge in [-0.3, -0.25) is 4.90 Å². The van der Waals surface area contributed by atoms with E-state index in [0.29, 0.717) is 11.8 Å². The van der Waals surface area contributed by atoms with Crippen LogP contribution in [0.25, 0.3) is 0 Å². The summed E-state index contributed by atoms with van der Waals surface area (Å²) in [6.07, 6.45) is 4.01. The van der Waals surface area contributed by atoms with Crippen LogP contribution < -0.4 is 10.1 Å². The van der Waals surface area contributed by atoms with Gasteiger partial charge in [0.15, 0.2) is 11.5 Å². The molecule has 0 spiro atoms. The summed E-state index contributed by atoms with van der Waals surface area (Å²) in [4.78, 5) is 2.60. The second-order valence-corrected chi connectivity index (χ2v) is 5.60. The zero-order valence-corrected chi connectivity index (χ0v) is 11.4. The first-order chi connectivity index (χ1) is 9.26. The van der Waals surface area contributed by atoms with E-state index in [1.165, 1.54) is 32.4 Å². The molecular weight excluding hydrogens is 240 g/mol. The predicted octanol–water partition coefficient (Wildman–Crippen LogP) is 1.73. The van der Waals surface area contributed by atoms with Gasteiger partial charge in [-0.15, -0.1) is 0 Å². The highest BCUT2D eigenvalue weighted by molar-refractivity contribution is 5.41. The van der Waals surface area contributed by atoms with Gasteiger partial charge in [-0.25, -0.2) is 0 Å². The summed E-state index contributed by atoms with van der Waals surface area (Å²) in [5, 5.41) is 13.3. The van der Waals surface area contributed by atoms with Gasteiger partial charge in [-0.1, -0.05) is 6.07 Å². The van der Waals surface area contributed by atoms with E-state index < -0.39 is 0 Å². The van der Waals surface area contributed by atoms with Gasteiger partial charge in [-0.2, -0.15) is 0 Å². The van der Waals surface area contributed by atoms with Crippen LogP contribution in [0.5, 0.6) is 11.5 Å². The number of hydrogen-bond acceptors (Lipinski definition) is 4.